The van der Waals surface area contributed by atoms with Crippen molar-refractivity contribution >= 4 is 0 Å². The molecule has 0 N–H and O–H groups in total. The number of aryl methyl sites for hydroxylation is 1. The van der Waals surface area contributed by atoms with Crippen molar-refractivity contribution in [2.75, 3.05) is 19.6 Å². The molecule has 20 heavy (non-hydrogen) atoms. The van der Waals surface area contributed by atoms with Gasteiger partial charge in [0.1, 0.15) is 11.9 Å². The first-order chi connectivity index (χ1) is 9.83. The van der Waals surface area contributed by atoms with E-state index in [-0.39, 0.29) is 0 Å². The number of ether oxygens (including phenoxy) is 1. The normalized spacial score (nSPS) is 16.1. The minimum Gasteiger partial charge on any atom is -0.488 e. The van der Waals surface area contributed by atoms with E-state index in [1.807, 2.05) is 29.2 Å². The molecular weight excluding hydrogens is 250 g/mol. The Balaban J connectivity index is 1.41. The smallest absolute Gasteiger partial charge is 0.124 e. The maximum Gasteiger partial charge on any atom is 0.124 e. The predicted octanol–water partition coefficient (Wildman–Crippen LogP) is 2.21. The van der Waals surface area contributed by atoms with Gasteiger partial charge in [-0.1, -0.05) is 19.1 Å². The molecule has 4 heteroatoms. The topological polar surface area (TPSA) is 30.3 Å². The number of aromatic nitrogens is 2. The van der Waals surface area contributed by atoms with Crippen molar-refractivity contribution in [1.29, 1.82) is 0 Å². The van der Waals surface area contributed by atoms with Crippen molar-refractivity contribution in [3.05, 3.63) is 48.3 Å². The predicted molar refractivity (Wildman–Crippen MR) is 78.9 cm³/mol. The lowest BCUT2D eigenvalue weighted by molar-refractivity contribution is 0.0174. The molecule has 0 radical (unpaired) electrons. The fraction of sp³-hybridized carbons (Fsp3) is 0.438. The molecule has 0 aliphatic carbocycles. The summed E-state index contributed by atoms with van der Waals surface area (Å²) in [5.74, 6) is 1.00. The van der Waals surface area contributed by atoms with Crippen molar-refractivity contribution in [3.8, 4) is 5.75 Å². The molecule has 1 aliphatic heterocycles. The number of likely N-dealkylation sites (tertiary alicyclic amines) is 1. The Hall–Kier alpha value is -1.81. The van der Waals surface area contributed by atoms with Crippen LogP contribution in [0.25, 0.3) is 0 Å². The van der Waals surface area contributed by atoms with E-state index in [4.69, 9.17) is 4.74 Å². The molecule has 0 atom stereocenters. The molecule has 3 rings (SSSR count). The van der Waals surface area contributed by atoms with Crippen LogP contribution in [0.4, 0.5) is 0 Å². The van der Waals surface area contributed by atoms with E-state index in [2.05, 4.69) is 35.1 Å². The second-order valence-corrected chi connectivity index (χ2v) is 5.27. The van der Waals surface area contributed by atoms with Crippen LogP contribution in [0.3, 0.4) is 0 Å². The SMILES string of the molecule is CCc1cccc(OC2CN(CCn3cccn3)C2)c1. The highest BCUT2D eigenvalue weighted by Crippen LogP contribution is 2.19. The number of rotatable bonds is 6. The second-order valence-electron chi connectivity index (χ2n) is 5.27. The maximum atomic E-state index is 6.00. The van der Waals surface area contributed by atoms with Crippen LogP contribution in [0.2, 0.25) is 0 Å². The van der Waals surface area contributed by atoms with Gasteiger partial charge < -0.3 is 4.74 Å². The summed E-state index contributed by atoms with van der Waals surface area (Å²) in [7, 11) is 0. The molecule has 0 amide bonds. The molecule has 106 valence electrons. The zero-order valence-electron chi connectivity index (χ0n) is 11.9. The molecule has 1 fully saturated rings. The second kappa shape index (κ2) is 6.09. The van der Waals surface area contributed by atoms with E-state index in [0.717, 1.165) is 38.3 Å². The third-order valence-corrected chi connectivity index (χ3v) is 3.74. The van der Waals surface area contributed by atoms with Crippen LogP contribution in [0.1, 0.15) is 12.5 Å². The van der Waals surface area contributed by atoms with Crippen LogP contribution in [0.5, 0.6) is 5.75 Å². The molecular formula is C16H21N3O. The van der Waals surface area contributed by atoms with E-state index < -0.39 is 0 Å². The third kappa shape index (κ3) is 3.20. The third-order valence-electron chi connectivity index (χ3n) is 3.74. The molecule has 0 spiro atoms. The summed E-state index contributed by atoms with van der Waals surface area (Å²) in [6, 6.07) is 10.4. The largest absolute Gasteiger partial charge is 0.488 e. The van der Waals surface area contributed by atoms with E-state index in [1.54, 1.807) is 0 Å². The Morgan fingerprint density at radius 1 is 1.25 bits per heavy atom. The molecule has 2 heterocycles. The van der Waals surface area contributed by atoms with Crippen LogP contribution in [0.15, 0.2) is 42.7 Å². The monoisotopic (exact) mass is 271 g/mol. The summed E-state index contributed by atoms with van der Waals surface area (Å²) in [6.45, 7) is 6.18. The van der Waals surface area contributed by atoms with Crippen LogP contribution in [-0.4, -0.2) is 40.4 Å². The van der Waals surface area contributed by atoms with E-state index in [9.17, 15) is 0 Å². The summed E-state index contributed by atoms with van der Waals surface area (Å²) in [5.41, 5.74) is 1.33. The van der Waals surface area contributed by atoms with Crippen molar-refractivity contribution in [1.82, 2.24) is 14.7 Å². The van der Waals surface area contributed by atoms with Crippen molar-refractivity contribution in [2.45, 2.75) is 26.0 Å². The fourth-order valence-electron chi connectivity index (χ4n) is 2.49. The van der Waals surface area contributed by atoms with Gasteiger partial charge in [-0.25, -0.2) is 0 Å². The summed E-state index contributed by atoms with van der Waals surface area (Å²) >= 11 is 0. The highest BCUT2D eigenvalue weighted by molar-refractivity contribution is 5.28. The standard InChI is InChI=1S/C16H21N3O/c1-2-14-5-3-6-15(11-14)20-16-12-18(13-16)9-10-19-8-4-7-17-19/h3-8,11,16H,2,9-10,12-13H2,1H3. The maximum absolute atomic E-state index is 6.00. The molecule has 2 aromatic rings. The van der Waals surface area contributed by atoms with E-state index in [0.29, 0.717) is 6.10 Å². The Kier molecular flexibility index (Phi) is 4.02. The van der Waals surface area contributed by atoms with Crippen LogP contribution >= 0.6 is 0 Å². The van der Waals surface area contributed by atoms with Crippen LogP contribution < -0.4 is 4.74 Å². The van der Waals surface area contributed by atoms with E-state index in [1.165, 1.54) is 5.56 Å². The number of nitrogens with zero attached hydrogens (tertiary/aromatic N) is 3. The fourth-order valence-corrected chi connectivity index (χ4v) is 2.49. The molecule has 0 unspecified atom stereocenters. The average Bonchev–Trinajstić information content (AvgIpc) is 2.94. The summed E-state index contributed by atoms with van der Waals surface area (Å²) < 4.78 is 7.97. The number of hydrogen-bond acceptors (Lipinski definition) is 3. The molecule has 1 saturated heterocycles. The Labute approximate surface area is 120 Å². The Bertz CT molecular complexity index is 532. The minimum absolute atomic E-state index is 0.333. The average molecular weight is 271 g/mol. The van der Waals surface area contributed by atoms with Crippen molar-refractivity contribution in [2.24, 2.45) is 0 Å². The lowest BCUT2D eigenvalue weighted by Crippen LogP contribution is -2.54. The molecule has 4 nitrogen and oxygen atoms in total. The van der Waals surface area contributed by atoms with Crippen LogP contribution in [-0.2, 0) is 13.0 Å². The zero-order valence-corrected chi connectivity index (χ0v) is 11.9. The lowest BCUT2D eigenvalue weighted by atomic mass is 10.1. The van der Waals surface area contributed by atoms with Crippen molar-refractivity contribution < 1.29 is 4.74 Å². The Morgan fingerprint density at radius 3 is 2.90 bits per heavy atom. The van der Waals surface area contributed by atoms with Gasteiger partial charge in [0.2, 0.25) is 0 Å². The van der Waals surface area contributed by atoms with Crippen LogP contribution in [0, 0.1) is 0 Å². The minimum atomic E-state index is 0.333. The van der Waals surface area contributed by atoms with Gasteiger partial charge >= 0.3 is 0 Å². The van der Waals surface area contributed by atoms with Gasteiger partial charge in [-0.15, -0.1) is 0 Å². The molecule has 0 saturated carbocycles. The summed E-state index contributed by atoms with van der Waals surface area (Å²) in [5, 5.41) is 4.21. The zero-order chi connectivity index (χ0) is 13.8. The molecule has 1 aromatic carbocycles. The van der Waals surface area contributed by atoms with Crippen molar-refractivity contribution in [3.63, 3.8) is 0 Å². The molecule has 1 aliphatic rings. The highest BCUT2D eigenvalue weighted by atomic mass is 16.5. The Morgan fingerprint density at radius 2 is 2.15 bits per heavy atom. The van der Waals surface area contributed by atoms with Gasteiger partial charge in [0.15, 0.2) is 0 Å². The number of benzene rings is 1. The van der Waals surface area contributed by atoms with Gasteiger partial charge in [-0.05, 0) is 30.2 Å². The van der Waals surface area contributed by atoms with Gasteiger partial charge in [-0.3, -0.25) is 9.58 Å². The van der Waals surface area contributed by atoms with Gasteiger partial charge in [0.05, 0.1) is 6.54 Å². The van der Waals surface area contributed by atoms with Gasteiger partial charge in [0, 0.05) is 32.0 Å². The highest BCUT2D eigenvalue weighted by Gasteiger charge is 2.27. The lowest BCUT2D eigenvalue weighted by Gasteiger charge is -2.39. The summed E-state index contributed by atoms with van der Waals surface area (Å²) in [4.78, 5) is 2.40. The molecule has 0 bridgehead atoms. The number of hydrogen-bond donors (Lipinski definition) is 0. The van der Waals surface area contributed by atoms with Gasteiger partial charge in [0.25, 0.3) is 0 Å². The molecule has 1 aromatic heterocycles. The first kappa shape index (κ1) is 13.2. The van der Waals surface area contributed by atoms with E-state index >= 15 is 0 Å². The first-order valence-corrected chi connectivity index (χ1v) is 7.29. The summed E-state index contributed by atoms with van der Waals surface area (Å²) in [6.07, 6.45) is 5.21. The first-order valence-electron chi connectivity index (χ1n) is 7.29. The quantitative estimate of drug-likeness (QED) is 0.807. The van der Waals surface area contributed by atoms with Gasteiger partial charge in [-0.2, -0.15) is 5.10 Å².